The van der Waals surface area contributed by atoms with E-state index in [-0.39, 0.29) is 21.5 Å². The van der Waals surface area contributed by atoms with E-state index in [1.54, 1.807) is 31.2 Å². The summed E-state index contributed by atoms with van der Waals surface area (Å²) in [5.41, 5.74) is 2.57. The summed E-state index contributed by atoms with van der Waals surface area (Å²) < 4.78 is 27.4. The molecule has 0 saturated carbocycles. The van der Waals surface area contributed by atoms with Crippen molar-refractivity contribution < 1.29 is 33.0 Å². The third-order valence-corrected chi connectivity index (χ3v) is 6.74. The normalized spacial score (nSPS) is 10.8. The maximum atomic E-state index is 13.6. The van der Waals surface area contributed by atoms with Gasteiger partial charge in [0.1, 0.15) is 10.5 Å². The molecule has 0 bridgehead atoms. The third-order valence-electron chi connectivity index (χ3n) is 5.69. The molecule has 0 aliphatic rings. The van der Waals surface area contributed by atoms with Gasteiger partial charge in [0.2, 0.25) is 11.2 Å². The molecule has 10 nitrogen and oxygen atoms in total. The first-order chi connectivity index (χ1) is 18.2. The highest BCUT2D eigenvalue weighted by atomic mass is 32.1. The van der Waals surface area contributed by atoms with Gasteiger partial charge in [0.05, 0.1) is 32.4 Å². The zero-order valence-corrected chi connectivity index (χ0v) is 22.5. The molecule has 4 aromatic rings. The lowest BCUT2D eigenvalue weighted by Crippen LogP contribution is -2.22. The highest BCUT2D eigenvalue weighted by molar-refractivity contribution is 7.17. The van der Waals surface area contributed by atoms with E-state index in [2.05, 4.69) is 10.3 Å². The van der Waals surface area contributed by atoms with E-state index < -0.39 is 23.9 Å². The predicted octanol–water partition coefficient (Wildman–Crippen LogP) is 4.66. The Kier molecular flexibility index (Phi) is 7.67. The number of thiazole rings is 1. The number of hydrogen-bond acceptors (Lipinski definition) is 10. The highest BCUT2D eigenvalue weighted by Gasteiger charge is 2.22. The van der Waals surface area contributed by atoms with E-state index in [4.69, 9.17) is 23.4 Å². The molecule has 0 saturated heterocycles. The first kappa shape index (κ1) is 26.7. The fraction of sp³-hybridized carbons (Fsp3) is 0.259. The van der Waals surface area contributed by atoms with Crippen molar-refractivity contribution in [1.82, 2.24) is 4.98 Å². The number of carbonyl (C=O) groups excluding carboxylic acids is 2. The molecular weight excluding hydrogens is 512 g/mol. The van der Waals surface area contributed by atoms with Crippen LogP contribution in [0.3, 0.4) is 0 Å². The summed E-state index contributed by atoms with van der Waals surface area (Å²) in [6, 6.07) is 8.67. The largest absolute Gasteiger partial charge is 0.493 e. The molecule has 4 rings (SSSR count). The van der Waals surface area contributed by atoms with Gasteiger partial charge in [-0.25, -0.2) is 9.78 Å². The molecule has 2 aromatic heterocycles. The molecule has 0 aliphatic carbocycles. The fourth-order valence-corrected chi connectivity index (χ4v) is 4.86. The number of fused-ring (bicyclic) bond motifs is 1. The summed E-state index contributed by atoms with van der Waals surface area (Å²) in [4.78, 5) is 42.6. The molecule has 0 fully saturated rings. The number of benzene rings is 2. The summed E-state index contributed by atoms with van der Waals surface area (Å²) >= 11 is 0.979. The Hall–Kier alpha value is -4.38. The molecule has 38 heavy (non-hydrogen) atoms. The Bertz CT molecular complexity index is 1610. The van der Waals surface area contributed by atoms with Gasteiger partial charge in [-0.15, -0.1) is 0 Å². The van der Waals surface area contributed by atoms with E-state index >= 15 is 0 Å². The summed E-state index contributed by atoms with van der Waals surface area (Å²) in [6.45, 7) is 4.85. The van der Waals surface area contributed by atoms with Crippen LogP contribution in [0.4, 0.5) is 5.13 Å². The number of ether oxygens (including phenoxy) is 4. The van der Waals surface area contributed by atoms with Crippen LogP contribution >= 0.6 is 11.3 Å². The summed E-state index contributed by atoms with van der Waals surface area (Å²) in [7, 11) is 4.28. The minimum Gasteiger partial charge on any atom is -0.493 e. The number of esters is 1. The predicted molar refractivity (Wildman–Crippen MR) is 143 cm³/mol. The Balaban J connectivity index is 1.72. The molecule has 11 heteroatoms. The van der Waals surface area contributed by atoms with Gasteiger partial charge in [-0.1, -0.05) is 17.4 Å². The van der Waals surface area contributed by atoms with Crippen LogP contribution in [0.5, 0.6) is 17.2 Å². The first-order valence-electron chi connectivity index (χ1n) is 11.5. The van der Waals surface area contributed by atoms with E-state index in [1.807, 2.05) is 19.9 Å². The molecule has 0 spiro atoms. The van der Waals surface area contributed by atoms with Crippen molar-refractivity contribution in [3.8, 4) is 28.6 Å². The second kappa shape index (κ2) is 10.9. The summed E-state index contributed by atoms with van der Waals surface area (Å²) in [5.74, 6) is -0.184. The number of anilines is 1. The maximum absolute atomic E-state index is 13.6. The summed E-state index contributed by atoms with van der Waals surface area (Å²) in [6.07, 6.45) is 0. The Morgan fingerprint density at radius 3 is 2.45 bits per heavy atom. The lowest BCUT2D eigenvalue weighted by Gasteiger charge is -2.14. The van der Waals surface area contributed by atoms with Gasteiger partial charge in [-0.3, -0.25) is 14.9 Å². The highest BCUT2D eigenvalue weighted by Crippen LogP contribution is 2.37. The third kappa shape index (κ3) is 5.18. The molecule has 0 atom stereocenters. The van der Waals surface area contributed by atoms with E-state index in [9.17, 15) is 14.4 Å². The topological polar surface area (TPSA) is 126 Å². The van der Waals surface area contributed by atoms with E-state index in [0.29, 0.717) is 33.7 Å². The van der Waals surface area contributed by atoms with Crippen molar-refractivity contribution in [3.63, 3.8) is 0 Å². The first-order valence-corrected chi connectivity index (χ1v) is 12.3. The van der Waals surface area contributed by atoms with Gasteiger partial charge >= 0.3 is 5.97 Å². The van der Waals surface area contributed by atoms with Gasteiger partial charge < -0.3 is 23.4 Å². The molecular formula is C27H26N2O8S. The lowest BCUT2D eigenvalue weighted by molar-refractivity contribution is -0.118. The minimum absolute atomic E-state index is 0.129. The van der Waals surface area contributed by atoms with E-state index in [1.165, 1.54) is 21.3 Å². The molecule has 1 amide bonds. The van der Waals surface area contributed by atoms with Crippen LogP contribution in [0.15, 0.2) is 39.5 Å². The standard InChI is InChI=1S/C27H26N2O8S/c1-13-9-14(2)22-17(10-13)21(31)24(23(37-22)16-7-8-18(33-4)19(11-16)34-5)36-12-20(30)29-27-28-15(3)25(38-27)26(32)35-6/h7-11H,12H2,1-6H3,(H,28,29,30). The fourth-order valence-electron chi connectivity index (χ4n) is 3.96. The smallest absolute Gasteiger partial charge is 0.350 e. The number of amides is 1. The number of aromatic nitrogens is 1. The number of nitrogens with one attached hydrogen (secondary N) is 1. The molecule has 0 unspecified atom stereocenters. The van der Waals surface area contributed by atoms with Gasteiger partial charge in [0.15, 0.2) is 29.0 Å². The number of hydrogen-bond donors (Lipinski definition) is 1. The second-order valence-electron chi connectivity index (χ2n) is 8.38. The van der Waals surface area contributed by atoms with Crippen LogP contribution in [0.25, 0.3) is 22.3 Å². The van der Waals surface area contributed by atoms with Crippen molar-refractivity contribution in [2.75, 3.05) is 33.3 Å². The minimum atomic E-state index is -0.576. The number of aryl methyl sites for hydroxylation is 3. The molecule has 198 valence electrons. The van der Waals surface area contributed by atoms with Crippen LogP contribution in [-0.2, 0) is 9.53 Å². The van der Waals surface area contributed by atoms with Crippen LogP contribution in [0.2, 0.25) is 0 Å². The van der Waals surface area contributed by atoms with Gasteiger partial charge in [-0.2, -0.15) is 0 Å². The number of methoxy groups -OCH3 is 3. The number of rotatable bonds is 8. The van der Waals surface area contributed by atoms with Crippen molar-refractivity contribution >= 4 is 39.3 Å². The Morgan fingerprint density at radius 1 is 1.03 bits per heavy atom. The lowest BCUT2D eigenvalue weighted by atomic mass is 10.0. The Labute approximate surface area is 222 Å². The van der Waals surface area contributed by atoms with Gasteiger partial charge in [-0.05, 0) is 56.2 Å². The summed E-state index contributed by atoms with van der Waals surface area (Å²) in [5, 5.41) is 3.12. The molecule has 2 aromatic carbocycles. The average Bonchev–Trinajstić information content (AvgIpc) is 3.26. The molecule has 0 aliphatic heterocycles. The van der Waals surface area contributed by atoms with Crippen LogP contribution in [0.1, 0.15) is 26.5 Å². The van der Waals surface area contributed by atoms with Crippen LogP contribution in [0, 0.1) is 20.8 Å². The van der Waals surface area contributed by atoms with Gasteiger partial charge in [0, 0.05) is 5.56 Å². The number of carbonyl (C=O) groups is 2. The zero-order valence-electron chi connectivity index (χ0n) is 21.7. The van der Waals surface area contributed by atoms with Crippen molar-refractivity contribution in [3.05, 3.63) is 62.3 Å². The molecule has 0 radical (unpaired) electrons. The second-order valence-corrected chi connectivity index (χ2v) is 9.38. The van der Waals surface area contributed by atoms with Crippen LogP contribution < -0.4 is 25.0 Å². The molecule has 1 N–H and O–H groups in total. The average molecular weight is 539 g/mol. The van der Waals surface area contributed by atoms with Gasteiger partial charge in [0.25, 0.3) is 5.91 Å². The monoisotopic (exact) mass is 538 g/mol. The van der Waals surface area contributed by atoms with E-state index in [0.717, 1.165) is 22.5 Å². The number of nitrogens with zero attached hydrogens (tertiary/aromatic N) is 1. The van der Waals surface area contributed by atoms with Crippen molar-refractivity contribution in [2.45, 2.75) is 20.8 Å². The molecule has 2 heterocycles. The zero-order chi connectivity index (χ0) is 27.6. The van der Waals surface area contributed by atoms with Crippen molar-refractivity contribution in [1.29, 1.82) is 0 Å². The van der Waals surface area contributed by atoms with Crippen molar-refractivity contribution in [2.24, 2.45) is 0 Å². The maximum Gasteiger partial charge on any atom is 0.350 e. The van der Waals surface area contributed by atoms with Crippen LogP contribution in [-0.4, -0.2) is 44.8 Å². The SMILES string of the molecule is COC(=O)c1sc(NC(=O)COc2c(-c3ccc(OC)c(OC)c3)oc3c(C)cc(C)cc3c2=O)nc1C. The Morgan fingerprint density at radius 2 is 1.76 bits per heavy atom. The quantitative estimate of drug-likeness (QED) is 0.319.